The standard InChI is InChI=1S/C18H38N2O/c1-6-10-19-18-9-8-16(7-2)13-17(18)14-20(15(3)4)11-12-21-5/h15-19H,6-14H2,1-5H3. The van der Waals surface area contributed by atoms with Crippen molar-refractivity contribution in [3.63, 3.8) is 0 Å². The van der Waals surface area contributed by atoms with E-state index in [1.165, 1.54) is 38.6 Å². The predicted octanol–water partition coefficient (Wildman–Crippen LogP) is 3.54. The average molecular weight is 299 g/mol. The van der Waals surface area contributed by atoms with E-state index in [2.05, 4.69) is 37.9 Å². The van der Waals surface area contributed by atoms with E-state index >= 15 is 0 Å². The van der Waals surface area contributed by atoms with E-state index in [0.717, 1.165) is 37.6 Å². The zero-order valence-electron chi connectivity index (χ0n) is 15.0. The Morgan fingerprint density at radius 1 is 1.24 bits per heavy atom. The van der Waals surface area contributed by atoms with Crippen LogP contribution in [0.4, 0.5) is 0 Å². The van der Waals surface area contributed by atoms with Crippen LogP contribution in [0.1, 0.15) is 59.8 Å². The lowest BCUT2D eigenvalue weighted by atomic mass is 9.76. The maximum atomic E-state index is 5.29. The number of nitrogens with one attached hydrogen (secondary N) is 1. The highest BCUT2D eigenvalue weighted by Crippen LogP contribution is 2.32. The van der Waals surface area contributed by atoms with Crippen LogP contribution in [0.2, 0.25) is 0 Å². The Morgan fingerprint density at radius 3 is 2.57 bits per heavy atom. The fourth-order valence-corrected chi connectivity index (χ4v) is 3.60. The van der Waals surface area contributed by atoms with Crippen LogP contribution in [0.15, 0.2) is 0 Å². The predicted molar refractivity (Wildman–Crippen MR) is 91.8 cm³/mol. The average Bonchev–Trinajstić information content (AvgIpc) is 2.49. The summed E-state index contributed by atoms with van der Waals surface area (Å²) in [7, 11) is 1.80. The van der Waals surface area contributed by atoms with E-state index in [-0.39, 0.29) is 0 Å². The van der Waals surface area contributed by atoms with Gasteiger partial charge in [-0.15, -0.1) is 0 Å². The maximum absolute atomic E-state index is 5.29. The Bertz CT molecular complexity index is 258. The molecular formula is C18H38N2O. The van der Waals surface area contributed by atoms with Crippen LogP contribution in [0, 0.1) is 11.8 Å². The van der Waals surface area contributed by atoms with Crippen LogP contribution in [0.3, 0.4) is 0 Å². The summed E-state index contributed by atoms with van der Waals surface area (Å²) in [6.07, 6.45) is 6.75. The van der Waals surface area contributed by atoms with E-state index in [0.29, 0.717) is 6.04 Å². The van der Waals surface area contributed by atoms with Crippen molar-refractivity contribution in [1.29, 1.82) is 0 Å². The Hall–Kier alpha value is -0.120. The molecule has 0 radical (unpaired) electrons. The van der Waals surface area contributed by atoms with Crippen LogP contribution in [0.5, 0.6) is 0 Å². The minimum Gasteiger partial charge on any atom is -0.383 e. The van der Waals surface area contributed by atoms with Gasteiger partial charge in [-0.25, -0.2) is 0 Å². The first-order valence-electron chi connectivity index (χ1n) is 9.08. The van der Waals surface area contributed by atoms with Gasteiger partial charge in [-0.3, -0.25) is 4.90 Å². The molecule has 1 aliphatic carbocycles. The first-order valence-corrected chi connectivity index (χ1v) is 9.08. The smallest absolute Gasteiger partial charge is 0.0589 e. The molecule has 1 saturated carbocycles. The van der Waals surface area contributed by atoms with Crippen molar-refractivity contribution in [2.24, 2.45) is 11.8 Å². The highest BCUT2D eigenvalue weighted by atomic mass is 16.5. The van der Waals surface area contributed by atoms with Crippen molar-refractivity contribution in [3.8, 4) is 0 Å². The number of rotatable bonds is 10. The summed E-state index contributed by atoms with van der Waals surface area (Å²) in [5.74, 6) is 1.74. The van der Waals surface area contributed by atoms with Gasteiger partial charge in [0.2, 0.25) is 0 Å². The molecule has 3 atom stereocenters. The van der Waals surface area contributed by atoms with Crippen molar-refractivity contribution >= 4 is 0 Å². The summed E-state index contributed by atoms with van der Waals surface area (Å²) in [4.78, 5) is 2.60. The minimum absolute atomic E-state index is 0.606. The lowest BCUT2D eigenvalue weighted by Gasteiger charge is -2.40. The molecule has 0 aromatic rings. The van der Waals surface area contributed by atoms with Crippen LogP contribution < -0.4 is 5.32 Å². The van der Waals surface area contributed by atoms with Gasteiger partial charge in [-0.05, 0) is 57.9 Å². The molecule has 3 heteroatoms. The SMILES string of the molecule is CCCNC1CCC(CC)CC1CN(CCOC)C(C)C. The second kappa shape index (κ2) is 10.6. The summed E-state index contributed by atoms with van der Waals surface area (Å²) in [6, 6.07) is 1.32. The minimum atomic E-state index is 0.606. The molecule has 0 aliphatic heterocycles. The van der Waals surface area contributed by atoms with Crippen LogP contribution >= 0.6 is 0 Å². The summed E-state index contributed by atoms with van der Waals surface area (Å²) >= 11 is 0. The Balaban J connectivity index is 2.61. The maximum Gasteiger partial charge on any atom is 0.0589 e. The van der Waals surface area contributed by atoms with Gasteiger partial charge in [-0.2, -0.15) is 0 Å². The zero-order valence-corrected chi connectivity index (χ0v) is 15.0. The quantitative estimate of drug-likeness (QED) is 0.667. The van der Waals surface area contributed by atoms with E-state index < -0.39 is 0 Å². The highest BCUT2D eigenvalue weighted by Gasteiger charge is 2.31. The third kappa shape index (κ3) is 6.66. The number of hydrogen-bond donors (Lipinski definition) is 1. The van der Waals surface area contributed by atoms with Crippen molar-refractivity contribution < 1.29 is 4.74 Å². The van der Waals surface area contributed by atoms with Crippen molar-refractivity contribution in [3.05, 3.63) is 0 Å². The Kier molecular flexibility index (Phi) is 9.54. The Morgan fingerprint density at radius 2 is 2.00 bits per heavy atom. The summed E-state index contributed by atoms with van der Waals surface area (Å²) in [5, 5.41) is 3.81. The van der Waals surface area contributed by atoms with E-state index in [4.69, 9.17) is 4.74 Å². The van der Waals surface area contributed by atoms with Gasteiger partial charge in [0.25, 0.3) is 0 Å². The normalized spacial score (nSPS) is 26.7. The lowest BCUT2D eigenvalue weighted by Crippen LogP contribution is -2.48. The second-order valence-electron chi connectivity index (χ2n) is 6.99. The van der Waals surface area contributed by atoms with Crippen LogP contribution in [-0.4, -0.2) is 50.3 Å². The number of ether oxygens (including phenoxy) is 1. The van der Waals surface area contributed by atoms with Crippen LogP contribution in [-0.2, 0) is 4.74 Å². The van der Waals surface area contributed by atoms with Crippen molar-refractivity contribution in [1.82, 2.24) is 10.2 Å². The molecule has 0 heterocycles. The third-order valence-corrected chi connectivity index (χ3v) is 5.11. The molecule has 3 nitrogen and oxygen atoms in total. The number of methoxy groups -OCH3 is 1. The Labute approximate surface area is 132 Å². The molecule has 0 bridgehead atoms. The molecule has 126 valence electrons. The summed E-state index contributed by atoms with van der Waals surface area (Å²) in [6.45, 7) is 13.5. The highest BCUT2D eigenvalue weighted by molar-refractivity contribution is 4.87. The lowest BCUT2D eigenvalue weighted by molar-refractivity contribution is 0.0879. The van der Waals surface area contributed by atoms with E-state index in [1.807, 2.05) is 0 Å². The van der Waals surface area contributed by atoms with Gasteiger partial charge in [0.05, 0.1) is 6.61 Å². The topological polar surface area (TPSA) is 24.5 Å². The number of hydrogen-bond acceptors (Lipinski definition) is 3. The molecule has 1 aliphatic rings. The van der Waals surface area contributed by atoms with Gasteiger partial charge >= 0.3 is 0 Å². The van der Waals surface area contributed by atoms with E-state index in [9.17, 15) is 0 Å². The number of nitrogens with zero attached hydrogens (tertiary/aromatic N) is 1. The molecular weight excluding hydrogens is 260 g/mol. The molecule has 21 heavy (non-hydrogen) atoms. The fourth-order valence-electron chi connectivity index (χ4n) is 3.60. The molecule has 1 N–H and O–H groups in total. The molecule has 1 rings (SSSR count). The van der Waals surface area contributed by atoms with Gasteiger partial charge in [0, 0.05) is 32.3 Å². The molecule has 0 amide bonds. The van der Waals surface area contributed by atoms with Crippen molar-refractivity contribution in [2.75, 3.05) is 33.4 Å². The second-order valence-corrected chi connectivity index (χ2v) is 6.99. The largest absolute Gasteiger partial charge is 0.383 e. The van der Waals surface area contributed by atoms with Crippen LogP contribution in [0.25, 0.3) is 0 Å². The summed E-state index contributed by atoms with van der Waals surface area (Å²) < 4.78 is 5.29. The van der Waals surface area contributed by atoms with Crippen molar-refractivity contribution in [2.45, 2.75) is 71.9 Å². The molecule has 0 aromatic carbocycles. The molecule has 1 fully saturated rings. The van der Waals surface area contributed by atoms with Gasteiger partial charge in [-0.1, -0.05) is 20.3 Å². The first-order chi connectivity index (χ1) is 10.1. The molecule has 0 spiro atoms. The van der Waals surface area contributed by atoms with E-state index in [1.54, 1.807) is 7.11 Å². The third-order valence-electron chi connectivity index (χ3n) is 5.11. The van der Waals surface area contributed by atoms with Gasteiger partial charge < -0.3 is 10.1 Å². The van der Waals surface area contributed by atoms with Gasteiger partial charge in [0.1, 0.15) is 0 Å². The first kappa shape index (κ1) is 18.9. The zero-order chi connectivity index (χ0) is 15.7. The summed E-state index contributed by atoms with van der Waals surface area (Å²) in [5.41, 5.74) is 0. The van der Waals surface area contributed by atoms with Gasteiger partial charge in [0.15, 0.2) is 0 Å². The molecule has 0 saturated heterocycles. The molecule has 0 aromatic heterocycles. The fraction of sp³-hybridized carbons (Fsp3) is 1.00. The molecule has 3 unspecified atom stereocenters. The monoisotopic (exact) mass is 298 g/mol.